The molecule has 0 amide bonds. The fourth-order valence-corrected chi connectivity index (χ4v) is 4.14. The smallest absolute Gasteiger partial charge is 0.141 e. The molecule has 2 aromatic rings. The third kappa shape index (κ3) is 2.99. The maximum Gasteiger partial charge on any atom is 0.141 e. The Kier molecular flexibility index (Phi) is 4.68. The van der Waals surface area contributed by atoms with Gasteiger partial charge in [0.2, 0.25) is 0 Å². The SMILES string of the molecule is COc1cccc(C2=NOC3CCCC(OCc4ccccc4)C23C)c1. The zero-order chi connectivity index (χ0) is 18.0. The number of oxime groups is 1. The van der Waals surface area contributed by atoms with E-state index in [1.807, 2.05) is 36.4 Å². The molecule has 1 aliphatic heterocycles. The van der Waals surface area contributed by atoms with Crippen LogP contribution in [0.25, 0.3) is 0 Å². The highest BCUT2D eigenvalue weighted by molar-refractivity contribution is 6.06. The van der Waals surface area contributed by atoms with E-state index in [-0.39, 0.29) is 17.6 Å². The molecule has 0 radical (unpaired) electrons. The Labute approximate surface area is 154 Å². The van der Waals surface area contributed by atoms with Crippen molar-refractivity contribution in [1.29, 1.82) is 0 Å². The van der Waals surface area contributed by atoms with E-state index < -0.39 is 0 Å². The first kappa shape index (κ1) is 17.1. The molecule has 4 nitrogen and oxygen atoms in total. The number of nitrogens with zero attached hydrogens (tertiary/aromatic N) is 1. The van der Waals surface area contributed by atoms with Crippen LogP contribution in [0.15, 0.2) is 59.8 Å². The number of hydrogen-bond acceptors (Lipinski definition) is 4. The van der Waals surface area contributed by atoms with Crippen molar-refractivity contribution >= 4 is 5.71 Å². The summed E-state index contributed by atoms with van der Waals surface area (Å²) in [5.41, 5.74) is 2.96. The van der Waals surface area contributed by atoms with Gasteiger partial charge in [0.15, 0.2) is 0 Å². The van der Waals surface area contributed by atoms with E-state index in [2.05, 4.69) is 30.3 Å². The van der Waals surface area contributed by atoms with Gasteiger partial charge in [0.25, 0.3) is 0 Å². The van der Waals surface area contributed by atoms with Gasteiger partial charge in [0.1, 0.15) is 11.9 Å². The second-order valence-electron chi connectivity index (χ2n) is 7.26. The van der Waals surface area contributed by atoms with Crippen LogP contribution in [-0.2, 0) is 16.2 Å². The molecule has 0 saturated heterocycles. The zero-order valence-electron chi connectivity index (χ0n) is 15.4. The fourth-order valence-electron chi connectivity index (χ4n) is 4.14. The first-order chi connectivity index (χ1) is 12.7. The Morgan fingerprint density at radius 1 is 1.12 bits per heavy atom. The Bertz CT molecular complexity index is 789. The highest BCUT2D eigenvalue weighted by atomic mass is 16.6. The molecular formula is C22H25NO3. The molecule has 0 aromatic heterocycles. The fraction of sp³-hybridized carbons (Fsp3) is 0.409. The van der Waals surface area contributed by atoms with Crippen LogP contribution in [0.5, 0.6) is 5.75 Å². The van der Waals surface area contributed by atoms with Gasteiger partial charge in [-0.15, -0.1) is 0 Å². The monoisotopic (exact) mass is 351 g/mol. The van der Waals surface area contributed by atoms with E-state index in [4.69, 9.17) is 14.3 Å². The van der Waals surface area contributed by atoms with E-state index in [0.29, 0.717) is 6.61 Å². The topological polar surface area (TPSA) is 40.0 Å². The second-order valence-corrected chi connectivity index (χ2v) is 7.26. The van der Waals surface area contributed by atoms with Gasteiger partial charge in [0, 0.05) is 5.56 Å². The van der Waals surface area contributed by atoms with Gasteiger partial charge in [-0.2, -0.15) is 0 Å². The van der Waals surface area contributed by atoms with Crippen LogP contribution in [0.4, 0.5) is 0 Å². The molecule has 1 saturated carbocycles. The lowest BCUT2D eigenvalue weighted by atomic mass is 9.67. The lowest BCUT2D eigenvalue weighted by Gasteiger charge is -2.41. The standard InChI is InChI=1S/C22H25NO3/c1-22-19(25-15-16-8-4-3-5-9-16)12-7-13-20(22)26-23-21(22)17-10-6-11-18(14-17)24-2/h3-6,8-11,14,19-20H,7,12-13,15H2,1-2H3. The Hall–Kier alpha value is -2.33. The molecular weight excluding hydrogens is 326 g/mol. The molecule has 3 atom stereocenters. The normalized spacial score (nSPS) is 27.4. The molecule has 0 N–H and O–H groups in total. The summed E-state index contributed by atoms with van der Waals surface area (Å²) in [6.45, 7) is 2.84. The van der Waals surface area contributed by atoms with Gasteiger partial charge in [-0.25, -0.2) is 0 Å². The molecule has 3 unspecified atom stereocenters. The van der Waals surface area contributed by atoms with E-state index in [1.165, 1.54) is 5.56 Å². The van der Waals surface area contributed by atoms with Crippen LogP contribution in [0.3, 0.4) is 0 Å². The number of rotatable bonds is 5. The Morgan fingerprint density at radius 2 is 1.96 bits per heavy atom. The summed E-state index contributed by atoms with van der Waals surface area (Å²) >= 11 is 0. The quantitative estimate of drug-likeness (QED) is 0.792. The Balaban J connectivity index is 1.60. The summed E-state index contributed by atoms with van der Waals surface area (Å²) < 4.78 is 11.8. The van der Waals surface area contributed by atoms with Crippen molar-refractivity contribution in [2.75, 3.05) is 7.11 Å². The summed E-state index contributed by atoms with van der Waals surface area (Å²) in [6, 6.07) is 18.4. The van der Waals surface area contributed by atoms with Gasteiger partial charge in [-0.1, -0.05) is 47.6 Å². The van der Waals surface area contributed by atoms with Crippen LogP contribution in [0.2, 0.25) is 0 Å². The maximum absolute atomic E-state index is 6.40. The van der Waals surface area contributed by atoms with E-state index >= 15 is 0 Å². The Morgan fingerprint density at radius 3 is 2.77 bits per heavy atom. The minimum Gasteiger partial charge on any atom is -0.497 e. The van der Waals surface area contributed by atoms with Crippen molar-refractivity contribution in [2.45, 2.75) is 45.0 Å². The van der Waals surface area contributed by atoms with Gasteiger partial charge >= 0.3 is 0 Å². The molecule has 2 aliphatic rings. The van der Waals surface area contributed by atoms with Crippen LogP contribution >= 0.6 is 0 Å². The molecule has 26 heavy (non-hydrogen) atoms. The molecule has 0 bridgehead atoms. The van der Waals surface area contributed by atoms with Crippen molar-refractivity contribution in [3.63, 3.8) is 0 Å². The number of hydrogen-bond donors (Lipinski definition) is 0. The van der Waals surface area contributed by atoms with Crippen molar-refractivity contribution < 1.29 is 14.3 Å². The number of ether oxygens (including phenoxy) is 2. The molecule has 0 spiro atoms. The predicted octanol–water partition coefficient (Wildman–Crippen LogP) is 4.57. The van der Waals surface area contributed by atoms with E-state index in [0.717, 1.165) is 36.3 Å². The summed E-state index contributed by atoms with van der Waals surface area (Å²) in [4.78, 5) is 5.85. The molecule has 1 fully saturated rings. The molecule has 1 heterocycles. The van der Waals surface area contributed by atoms with Crippen molar-refractivity contribution in [3.8, 4) is 5.75 Å². The van der Waals surface area contributed by atoms with E-state index in [9.17, 15) is 0 Å². The average molecular weight is 351 g/mol. The first-order valence-corrected chi connectivity index (χ1v) is 9.26. The van der Waals surface area contributed by atoms with Gasteiger partial charge in [0.05, 0.1) is 30.9 Å². The van der Waals surface area contributed by atoms with Crippen LogP contribution in [0, 0.1) is 5.41 Å². The zero-order valence-corrected chi connectivity index (χ0v) is 15.4. The molecule has 4 heteroatoms. The largest absolute Gasteiger partial charge is 0.497 e. The van der Waals surface area contributed by atoms with Gasteiger partial charge < -0.3 is 14.3 Å². The third-order valence-corrected chi connectivity index (χ3v) is 5.69. The average Bonchev–Trinajstić information content (AvgIpc) is 3.04. The van der Waals surface area contributed by atoms with Gasteiger partial charge in [-0.05, 0) is 43.9 Å². The van der Waals surface area contributed by atoms with Crippen LogP contribution < -0.4 is 4.74 Å². The van der Waals surface area contributed by atoms with Crippen molar-refractivity contribution in [3.05, 3.63) is 65.7 Å². The lowest BCUT2D eigenvalue weighted by Crippen LogP contribution is -2.50. The molecule has 2 aromatic carbocycles. The molecule has 136 valence electrons. The summed E-state index contributed by atoms with van der Waals surface area (Å²) in [7, 11) is 1.68. The van der Waals surface area contributed by atoms with Crippen molar-refractivity contribution in [1.82, 2.24) is 0 Å². The summed E-state index contributed by atoms with van der Waals surface area (Å²) in [6.07, 6.45) is 3.28. The highest BCUT2D eigenvalue weighted by Crippen LogP contribution is 2.47. The minimum absolute atomic E-state index is 0.0678. The third-order valence-electron chi connectivity index (χ3n) is 5.69. The van der Waals surface area contributed by atoms with Crippen molar-refractivity contribution in [2.24, 2.45) is 10.6 Å². The van der Waals surface area contributed by atoms with E-state index in [1.54, 1.807) is 7.11 Å². The lowest BCUT2D eigenvalue weighted by molar-refractivity contribution is -0.0972. The number of methoxy groups -OCH3 is 1. The predicted molar refractivity (Wildman–Crippen MR) is 101 cm³/mol. The van der Waals surface area contributed by atoms with Gasteiger partial charge in [-0.3, -0.25) is 0 Å². The molecule has 1 aliphatic carbocycles. The van der Waals surface area contributed by atoms with Crippen LogP contribution in [-0.4, -0.2) is 25.0 Å². The summed E-state index contributed by atoms with van der Waals surface area (Å²) in [5.74, 6) is 0.829. The minimum atomic E-state index is -0.251. The first-order valence-electron chi connectivity index (χ1n) is 9.26. The maximum atomic E-state index is 6.40. The number of benzene rings is 2. The highest BCUT2D eigenvalue weighted by Gasteiger charge is 2.54. The number of fused-ring (bicyclic) bond motifs is 1. The summed E-state index contributed by atoms with van der Waals surface area (Å²) in [5, 5.41) is 4.48. The van der Waals surface area contributed by atoms with Crippen LogP contribution in [0.1, 0.15) is 37.3 Å². The molecule has 4 rings (SSSR count). The second kappa shape index (κ2) is 7.12.